The third-order valence-corrected chi connectivity index (χ3v) is 4.27. The van der Waals surface area contributed by atoms with Crippen LogP contribution in [0.2, 0.25) is 0 Å². The molecule has 0 bridgehead atoms. The summed E-state index contributed by atoms with van der Waals surface area (Å²) in [6, 6.07) is 5.70. The zero-order valence-corrected chi connectivity index (χ0v) is 12.8. The summed E-state index contributed by atoms with van der Waals surface area (Å²) in [6.07, 6.45) is 1.17. The normalized spacial score (nSPS) is 19.6. The lowest BCUT2D eigenvalue weighted by Crippen LogP contribution is -2.42. The first-order chi connectivity index (χ1) is 9.56. The van der Waals surface area contributed by atoms with Crippen LogP contribution in [0.5, 0.6) is 0 Å². The van der Waals surface area contributed by atoms with Gasteiger partial charge in [-0.15, -0.1) is 0 Å². The highest BCUT2D eigenvalue weighted by molar-refractivity contribution is 9.10. The Bertz CT molecular complexity index is 664. The molecule has 1 saturated heterocycles. The second-order valence-electron chi connectivity index (χ2n) is 5.24. The monoisotopic (exact) mass is 337 g/mol. The van der Waals surface area contributed by atoms with E-state index in [4.69, 9.17) is 4.42 Å². The third-order valence-electron chi connectivity index (χ3n) is 3.78. The van der Waals surface area contributed by atoms with E-state index in [1.807, 2.05) is 25.1 Å². The number of nitrogens with zero attached hydrogens (tertiary/aromatic N) is 1. The summed E-state index contributed by atoms with van der Waals surface area (Å²) >= 11 is 3.43. The highest BCUT2D eigenvalue weighted by atomic mass is 79.9. The topological polar surface area (TPSA) is 53.7 Å². The summed E-state index contributed by atoms with van der Waals surface area (Å²) in [7, 11) is 0. The quantitative estimate of drug-likeness (QED) is 0.869. The Labute approximate surface area is 125 Å². The van der Waals surface area contributed by atoms with Crippen LogP contribution in [0.3, 0.4) is 0 Å². The van der Waals surface area contributed by atoms with Crippen LogP contribution in [0.15, 0.2) is 27.1 Å². The van der Waals surface area contributed by atoms with Gasteiger partial charge in [0.05, 0.1) is 6.10 Å². The first-order valence-electron chi connectivity index (χ1n) is 6.72. The molecule has 1 aromatic carbocycles. The maximum absolute atomic E-state index is 12.5. The van der Waals surface area contributed by atoms with Gasteiger partial charge in [0.25, 0.3) is 5.91 Å². The number of benzene rings is 1. The van der Waals surface area contributed by atoms with Crippen LogP contribution in [0, 0.1) is 6.92 Å². The fourth-order valence-corrected chi connectivity index (χ4v) is 3.04. The molecule has 0 saturated carbocycles. The van der Waals surface area contributed by atoms with Crippen LogP contribution in [0.1, 0.15) is 29.0 Å². The second kappa shape index (κ2) is 5.22. The fourth-order valence-electron chi connectivity index (χ4n) is 2.68. The number of hydrogen-bond acceptors (Lipinski definition) is 3. The van der Waals surface area contributed by atoms with E-state index >= 15 is 0 Å². The highest BCUT2D eigenvalue weighted by Gasteiger charge is 2.27. The average Bonchev–Trinajstić information content (AvgIpc) is 2.75. The summed E-state index contributed by atoms with van der Waals surface area (Å²) in [6.45, 7) is 2.96. The Morgan fingerprint density at radius 2 is 2.30 bits per heavy atom. The minimum absolute atomic E-state index is 0.131. The summed E-state index contributed by atoms with van der Waals surface area (Å²) in [5.41, 5.74) is 1.57. The predicted octanol–water partition coefficient (Wildman–Crippen LogP) is 3.10. The zero-order chi connectivity index (χ0) is 14.3. The van der Waals surface area contributed by atoms with Crippen molar-refractivity contribution in [1.82, 2.24) is 4.90 Å². The molecule has 2 heterocycles. The molecule has 0 aliphatic carbocycles. The van der Waals surface area contributed by atoms with Gasteiger partial charge in [-0.1, -0.05) is 15.9 Å². The summed E-state index contributed by atoms with van der Waals surface area (Å²) < 4.78 is 6.67. The van der Waals surface area contributed by atoms with Gasteiger partial charge in [-0.2, -0.15) is 0 Å². The summed E-state index contributed by atoms with van der Waals surface area (Å²) in [4.78, 5) is 14.2. The van der Waals surface area contributed by atoms with Gasteiger partial charge >= 0.3 is 0 Å². The van der Waals surface area contributed by atoms with E-state index < -0.39 is 6.10 Å². The van der Waals surface area contributed by atoms with E-state index in [-0.39, 0.29) is 5.91 Å². The molecule has 4 nitrogen and oxygen atoms in total. The molecule has 20 heavy (non-hydrogen) atoms. The molecular weight excluding hydrogens is 322 g/mol. The number of piperidine rings is 1. The molecule has 3 rings (SSSR count). The highest BCUT2D eigenvalue weighted by Crippen LogP contribution is 2.29. The van der Waals surface area contributed by atoms with Crippen LogP contribution in [-0.4, -0.2) is 35.1 Å². The van der Waals surface area contributed by atoms with Gasteiger partial charge in [0, 0.05) is 28.5 Å². The molecule has 1 amide bonds. The lowest BCUT2D eigenvalue weighted by molar-refractivity contribution is 0.0449. The smallest absolute Gasteiger partial charge is 0.289 e. The summed E-state index contributed by atoms with van der Waals surface area (Å²) in [5.74, 6) is 0.251. The Kier molecular flexibility index (Phi) is 3.56. The number of carbonyl (C=O) groups is 1. The number of amides is 1. The lowest BCUT2D eigenvalue weighted by atomic mass is 10.1. The Balaban J connectivity index is 1.97. The van der Waals surface area contributed by atoms with Crippen LogP contribution in [-0.2, 0) is 0 Å². The molecule has 1 N–H and O–H groups in total. The van der Waals surface area contributed by atoms with E-state index in [2.05, 4.69) is 15.9 Å². The van der Waals surface area contributed by atoms with E-state index in [1.54, 1.807) is 4.90 Å². The molecule has 0 unspecified atom stereocenters. The van der Waals surface area contributed by atoms with E-state index in [0.717, 1.165) is 28.3 Å². The molecule has 2 aromatic rings. The number of carbonyl (C=O) groups excluding carboxylic acids is 1. The molecule has 1 aliphatic heterocycles. The van der Waals surface area contributed by atoms with Gasteiger partial charge in [0.2, 0.25) is 0 Å². The van der Waals surface area contributed by atoms with Crippen LogP contribution < -0.4 is 0 Å². The lowest BCUT2D eigenvalue weighted by Gasteiger charge is -2.29. The number of furan rings is 1. The average molecular weight is 338 g/mol. The van der Waals surface area contributed by atoms with Gasteiger partial charge in [0.1, 0.15) is 5.58 Å². The van der Waals surface area contributed by atoms with Crippen LogP contribution >= 0.6 is 15.9 Å². The fraction of sp³-hybridized carbons (Fsp3) is 0.400. The number of β-amino-alcohol motifs (C(OH)–C–C–N with tert-alkyl or cyclic N) is 1. The molecule has 0 radical (unpaired) electrons. The number of likely N-dealkylation sites (tertiary alicyclic amines) is 1. The molecule has 0 spiro atoms. The Hall–Kier alpha value is -1.33. The number of aliphatic hydroxyl groups excluding tert-OH is 1. The predicted molar refractivity (Wildman–Crippen MR) is 79.8 cm³/mol. The van der Waals surface area contributed by atoms with E-state index in [9.17, 15) is 9.90 Å². The Morgan fingerprint density at radius 3 is 3.05 bits per heavy atom. The van der Waals surface area contributed by atoms with Crippen molar-refractivity contribution in [2.45, 2.75) is 25.9 Å². The number of fused-ring (bicyclic) bond motifs is 1. The van der Waals surface area contributed by atoms with Crippen molar-refractivity contribution in [1.29, 1.82) is 0 Å². The van der Waals surface area contributed by atoms with Gasteiger partial charge in [-0.25, -0.2) is 0 Å². The second-order valence-corrected chi connectivity index (χ2v) is 6.16. The SMILES string of the molecule is Cc1c(C(=O)N2CCC[C@H](O)C2)oc2ccc(Br)cc12. The summed E-state index contributed by atoms with van der Waals surface area (Å²) in [5, 5.41) is 10.6. The van der Waals surface area contributed by atoms with Gasteiger partial charge in [-0.05, 0) is 38.0 Å². The van der Waals surface area contributed by atoms with Crippen LogP contribution in [0.25, 0.3) is 11.0 Å². The molecule has 106 valence electrons. The molecule has 1 fully saturated rings. The number of hydrogen-bond donors (Lipinski definition) is 1. The number of aryl methyl sites for hydroxylation is 1. The van der Waals surface area contributed by atoms with Crippen molar-refractivity contribution in [2.24, 2.45) is 0 Å². The largest absolute Gasteiger partial charge is 0.451 e. The molecule has 1 atom stereocenters. The maximum atomic E-state index is 12.5. The van der Waals surface area contributed by atoms with Crippen molar-refractivity contribution in [3.8, 4) is 0 Å². The number of aliphatic hydroxyl groups is 1. The molecule has 1 aliphatic rings. The van der Waals surface area contributed by atoms with Crippen molar-refractivity contribution in [2.75, 3.05) is 13.1 Å². The van der Waals surface area contributed by atoms with Gasteiger partial charge in [-0.3, -0.25) is 4.79 Å². The number of halogens is 1. The van der Waals surface area contributed by atoms with Gasteiger partial charge in [0.15, 0.2) is 5.76 Å². The first-order valence-corrected chi connectivity index (χ1v) is 7.51. The third kappa shape index (κ3) is 2.36. The minimum Gasteiger partial charge on any atom is -0.451 e. The Morgan fingerprint density at radius 1 is 1.50 bits per heavy atom. The zero-order valence-electron chi connectivity index (χ0n) is 11.2. The molecular formula is C15H16BrNO3. The molecule has 1 aromatic heterocycles. The van der Waals surface area contributed by atoms with Crippen molar-refractivity contribution in [3.05, 3.63) is 34.0 Å². The number of rotatable bonds is 1. The van der Waals surface area contributed by atoms with E-state index in [1.165, 1.54) is 0 Å². The van der Waals surface area contributed by atoms with Crippen molar-refractivity contribution >= 4 is 32.8 Å². The first kappa shape index (κ1) is 13.6. The van der Waals surface area contributed by atoms with Crippen LogP contribution in [0.4, 0.5) is 0 Å². The van der Waals surface area contributed by atoms with Crippen molar-refractivity contribution in [3.63, 3.8) is 0 Å². The molecule has 5 heteroatoms. The maximum Gasteiger partial charge on any atom is 0.289 e. The standard InChI is InChI=1S/C15H16BrNO3/c1-9-12-7-10(16)4-5-13(12)20-14(9)15(19)17-6-2-3-11(18)8-17/h4-5,7,11,18H,2-3,6,8H2,1H3/t11-/m0/s1. The van der Waals surface area contributed by atoms with Crippen molar-refractivity contribution < 1.29 is 14.3 Å². The minimum atomic E-state index is -0.425. The van der Waals surface area contributed by atoms with E-state index in [0.29, 0.717) is 24.4 Å². The van der Waals surface area contributed by atoms with Gasteiger partial charge < -0.3 is 14.4 Å².